The summed E-state index contributed by atoms with van der Waals surface area (Å²) >= 11 is 0. The number of nitrogen functional groups attached to an aromatic ring is 1. The Balaban J connectivity index is 2.03. The molecule has 0 aliphatic carbocycles. The van der Waals surface area contributed by atoms with Crippen molar-refractivity contribution in [3.05, 3.63) is 59.2 Å². The van der Waals surface area contributed by atoms with Gasteiger partial charge in [0, 0.05) is 5.69 Å². The van der Waals surface area contributed by atoms with Gasteiger partial charge in [0.2, 0.25) is 0 Å². The standard InChI is InChI=1S/C23H24N4O2/c1-13(2)12-29-23(28)19-20-22(26-18-8-6-5-7-17(18)25-20)27(21(19)24)16-10-14(3)9-15(4)11-16/h5-11,13H,12,24H2,1-4H3. The molecule has 0 aliphatic heterocycles. The fourth-order valence-corrected chi connectivity index (χ4v) is 3.52. The fourth-order valence-electron chi connectivity index (χ4n) is 3.52. The zero-order chi connectivity index (χ0) is 20.7. The van der Waals surface area contributed by atoms with Crippen LogP contribution in [0, 0.1) is 19.8 Å². The van der Waals surface area contributed by atoms with Crippen LogP contribution in [0.2, 0.25) is 0 Å². The summed E-state index contributed by atoms with van der Waals surface area (Å²) in [5.41, 5.74) is 12.2. The molecule has 2 N–H and O–H groups in total. The second kappa shape index (κ2) is 7.20. The molecule has 2 aromatic carbocycles. The van der Waals surface area contributed by atoms with Gasteiger partial charge >= 0.3 is 5.97 Å². The van der Waals surface area contributed by atoms with E-state index in [0.29, 0.717) is 23.3 Å². The lowest BCUT2D eigenvalue weighted by molar-refractivity contribution is 0.0462. The third-order valence-electron chi connectivity index (χ3n) is 4.71. The van der Waals surface area contributed by atoms with Gasteiger partial charge in [-0.1, -0.05) is 32.0 Å². The predicted octanol–water partition coefficient (Wildman–Crippen LogP) is 4.59. The van der Waals surface area contributed by atoms with Gasteiger partial charge in [-0.2, -0.15) is 0 Å². The number of rotatable bonds is 4. The number of nitrogens with two attached hydrogens (primary N) is 1. The predicted molar refractivity (Wildman–Crippen MR) is 115 cm³/mol. The van der Waals surface area contributed by atoms with Crippen LogP contribution >= 0.6 is 0 Å². The lowest BCUT2D eigenvalue weighted by atomic mass is 10.1. The maximum absolute atomic E-state index is 12.9. The monoisotopic (exact) mass is 388 g/mol. The van der Waals surface area contributed by atoms with Crippen LogP contribution in [0.5, 0.6) is 0 Å². The molecule has 4 aromatic rings. The Kier molecular flexibility index (Phi) is 4.70. The third kappa shape index (κ3) is 3.42. The Morgan fingerprint density at radius 2 is 1.69 bits per heavy atom. The molecule has 0 radical (unpaired) electrons. The van der Waals surface area contributed by atoms with Crippen molar-refractivity contribution in [3.63, 3.8) is 0 Å². The number of anilines is 1. The molecule has 0 unspecified atom stereocenters. The molecule has 0 amide bonds. The quantitative estimate of drug-likeness (QED) is 0.517. The van der Waals surface area contributed by atoms with E-state index in [0.717, 1.165) is 22.3 Å². The molecule has 0 bridgehead atoms. The summed E-state index contributed by atoms with van der Waals surface area (Å²) < 4.78 is 7.28. The summed E-state index contributed by atoms with van der Waals surface area (Å²) in [7, 11) is 0. The minimum Gasteiger partial charge on any atom is -0.462 e. The van der Waals surface area contributed by atoms with E-state index in [4.69, 9.17) is 20.4 Å². The molecular weight excluding hydrogens is 364 g/mol. The Morgan fingerprint density at radius 1 is 1.07 bits per heavy atom. The number of hydrogen-bond acceptors (Lipinski definition) is 5. The number of esters is 1. The molecule has 0 aliphatic rings. The fraction of sp³-hybridized carbons (Fsp3) is 0.261. The van der Waals surface area contributed by atoms with Gasteiger partial charge in [-0.25, -0.2) is 14.8 Å². The van der Waals surface area contributed by atoms with Crippen molar-refractivity contribution in [2.45, 2.75) is 27.7 Å². The number of carbonyl (C=O) groups excluding carboxylic acids is 1. The number of benzene rings is 2. The molecule has 148 valence electrons. The molecule has 0 atom stereocenters. The molecule has 0 spiro atoms. The third-order valence-corrected chi connectivity index (χ3v) is 4.71. The summed E-state index contributed by atoms with van der Waals surface area (Å²) in [4.78, 5) is 22.4. The molecule has 4 rings (SSSR count). The van der Waals surface area contributed by atoms with Crippen molar-refractivity contribution < 1.29 is 9.53 Å². The van der Waals surface area contributed by atoms with Gasteiger partial charge in [0.1, 0.15) is 16.9 Å². The molecule has 6 nitrogen and oxygen atoms in total. The van der Waals surface area contributed by atoms with Gasteiger partial charge in [-0.3, -0.25) is 4.57 Å². The minimum atomic E-state index is -0.478. The molecule has 6 heteroatoms. The Bertz CT molecular complexity index is 1220. The Hall–Kier alpha value is -3.41. The minimum absolute atomic E-state index is 0.222. The smallest absolute Gasteiger partial charge is 0.344 e. The zero-order valence-electron chi connectivity index (χ0n) is 17.1. The van der Waals surface area contributed by atoms with Crippen molar-refractivity contribution in [2.24, 2.45) is 5.92 Å². The molecule has 29 heavy (non-hydrogen) atoms. The first-order chi connectivity index (χ1) is 13.8. The largest absolute Gasteiger partial charge is 0.462 e. The van der Waals surface area contributed by atoms with Crippen LogP contribution < -0.4 is 5.73 Å². The lowest BCUT2D eigenvalue weighted by Gasteiger charge is -2.10. The number of aryl methyl sites for hydroxylation is 2. The summed E-state index contributed by atoms with van der Waals surface area (Å²) in [6.45, 7) is 8.34. The maximum Gasteiger partial charge on any atom is 0.344 e. The Morgan fingerprint density at radius 3 is 2.31 bits per heavy atom. The van der Waals surface area contributed by atoms with E-state index in [1.54, 1.807) is 4.57 Å². The normalized spacial score (nSPS) is 11.5. The van der Waals surface area contributed by atoms with Gasteiger partial charge in [-0.05, 0) is 55.2 Å². The van der Waals surface area contributed by atoms with Crippen LogP contribution in [0.15, 0.2) is 42.5 Å². The molecule has 2 heterocycles. The van der Waals surface area contributed by atoms with E-state index in [9.17, 15) is 4.79 Å². The second-order valence-corrected chi connectivity index (χ2v) is 7.82. The van der Waals surface area contributed by atoms with Crippen molar-refractivity contribution in [3.8, 4) is 5.69 Å². The highest BCUT2D eigenvalue weighted by atomic mass is 16.5. The van der Waals surface area contributed by atoms with E-state index in [1.165, 1.54) is 0 Å². The van der Waals surface area contributed by atoms with Crippen molar-refractivity contribution in [2.75, 3.05) is 12.3 Å². The van der Waals surface area contributed by atoms with Crippen LogP contribution in [0.25, 0.3) is 27.9 Å². The molecule has 0 saturated heterocycles. The van der Waals surface area contributed by atoms with E-state index in [1.807, 2.05) is 64.1 Å². The van der Waals surface area contributed by atoms with Gasteiger partial charge in [0.05, 0.1) is 17.6 Å². The first-order valence-electron chi connectivity index (χ1n) is 9.67. The number of hydrogen-bond donors (Lipinski definition) is 1. The number of nitrogens with zero attached hydrogens (tertiary/aromatic N) is 3. The number of fused-ring (bicyclic) bond motifs is 2. The summed E-state index contributed by atoms with van der Waals surface area (Å²) in [5, 5.41) is 0. The van der Waals surface area contributed by atoms with Crippen molar-refractivity contribution in [1.82, 2.24) is 14.5 Å². The van der Waals surface area contributed by atoms with Crippen molar-refractivity contribution >= 4 is 34.0 Å². The first-order valence-corrected chi connectivity index (χ1v) is 9.67. The van der Waals surface area contributed by atoms with Crippen LogP contribution in [-0.4, -0.2) is 27.1 Å². The topological polar surface area (TPSA) is 83.0 Å². The summed E-state index contributed by atoms with van der Waals surface area (Å²) in [5.74, 6) is 0.0304. The van der Waals surface area contributed by atoms with Gasteiger partial charge in [0.25, 0.3) is 0 Å². The van der Waals surface area contributed by atoms with E-state index < -0.39 is 5.97 Å². The SMILES string of the molecule is Cc1cc(C)cc(-n2c(N)c(C(=O)OCC(C)C)c3nc4ccccc4nc32)c1. The van der Waals surface area contributed by atoms with Gasteiger partial charge in [0.15, 0.2) is 5.65 Å². The number of ether oxygens (including phenoxy) is 1. The van der Waals surface area contributed by atoms with Crippen LogP contribution in [0.1, 0.15) is 35.3 Å². The van der Waals surface area contributed by atoms with Crippen molar-refractivity contribution in [1.29, 1.82) is 0 Å². The second-order valence-electron chi connectivity index (χ2n) is 7.82. The average Bonchev–Trinajstić information content (AvgIpc) is 2.94. The average molecular weight is 388 g/mol. The van der Waals surface area contributed by atoms with Gasteiger partial charge < -0.3 is 10.5 Å². The number of para-hydroxylation sites is 2. The highest BCUT2D eigenvalue weighted by Crippen LogP contribution is 2.32. The first kappa shape index (κ1) is 18.9. The summed E-state index contributed by atoms with van der Waals surface area (Å²) in [6, 6.07) is 13.7. The van der Waals surface area contributed by atoms with Crippen LogP contribution in [0.4, 0.5) is 5.82 Å². The highest BCUT2D eigenvalue weighted by Gasteiger charge is 2.26. The van der Waals surface area contributed by atoms with Gasteiger partial charge in [-0.15, -0.1) is 0 Å². The number of carbonyl (C=O) groups is 1. The molecule has 2 aromatic heterocycles. The number of aromatic nitrogens is 3. The maximum atomic E-state index is 12.9. The Labute approximate surface area is 169 Å². The van der Waals surface area contributed by atoms with E-state index in [2.05, 4.69) is 6.07 Å². The summed E-state index contributed by atoms with van der Waals surface area (Å²) in [6.07, 6.45) is 0. The highest BCUT2D eigenvalue weighted by molar-refractivity contribution is 6.09. The molecule has 0 saturated carbocycles. The van der Waals surface area contributed by atoms with E-state index >= 15 is 0 Å². The van der Waals surface area contributed by atoms with Crippen LogP contribution in [0.3, 0.4) is 0 Å². The van der Waals surface area contributed by atoms with Crippen LogP contribution in [-0.2, 0) is 4.74 Å². The van der Waals surface area contributed by atoms with E-state index in [-0.39, 0.29) is 17.3 Å². The zero-order valence-corrected chi connectivity index (χ0v) is 17.1. The lowest BCUT2D eigenvalue weighted by Crippen LogP contribution is -2.12. The molecular formula is C23H24N4O2. The molecule has 0 fully saturated rings.